The summed E-state index contributed by atoms with van der Waals surface area (Å²) in [6, 6.07) is 0. The number of aromatic nitrogens is 2. The molecule has 1 heterocycles. The first-order chi connectivity index (χ1) is 8.70. The number of amides is 1. The van der Waals surface area contributed by atoms with E-state index in [9.17, 15) is 15.0 Å². The van der Waals surface area contributed by atoms with E-state index >= 15 is 0 Å². The molecule has 0 bridgehead atoms. The van der Waals surface area contributed by atoms with Gasteiger partial charge >= 0.3 is 6.09 Å². The second kappa shape index (κ2) is 6.03. The van der Waals surface area contributed by atoms with Crippen LogP contribution < -0.4 is 5.32 Å². The van der Waals surface area contributed by atoms with E-state index in [4.69, 9.17) is 4.74 Å². The fraction of sp³-hybridized carbons (Fsp3) is 0.667. The van der Waals surface area contributed by atoms with Crippen molar-refractivity contribution in [2.24, 2.45) is 7.05 Å². The summed E-state index contributed by atoms with van der Waals surface area (Å²) in [7, 11) is 1.71. The lowest BCUT2D eigenvalue weighted by Gasteiger charge is -2.22. The predicted molar refractivity (Wildman–Crippen MR) is 68.4 cm³/mol. The Balaban J connectivity index is 2.45. The van der Waals surface area contributed by atoms with Crippen LogP contribution in [0.5, 0.6) is 0 Å². The summed E-state index contributed by atoms with van der Waals surface area (Å²) in [6.45, 7) is 5.12. The van der Waals surface area contributed by atoms with E-state index in [1.807, 2.05) is 0 Å². The number of ether oxygens (including phenoxy) is 1. The summed E-state index contributed by atoms with van der Waals surface area (Å²) in [5.74, 6) is 0. The SMILES string of the molecule is Cn1cncc1C(O)C(O)CNC(=O)OC(C)(C)C. The fourth-order valence-electron chi connectivity index (χ4n) is 1.46. The number of aliphatic hydroxyl groups excluding tert-OH is 2. The highest BCUT2D eigenvalue weighted by Gasteiger charge is 2.23. The third-order valence-corrected chi connectivity index (χ3v) is 2.38. The third kappa shape index (κ3) is 4.88. The van der Waals surface area contributed by atoms with E-state index < -0.39 is 23.9 Å². The van der Waals surface area contributed by atoms with Crippen molar-refractivity contribution in [3.05, 3.63) is 18.2 Å². The highest BCUT2D eigenvalue weighted by atomic mass is 16.6. The highest BCUT2D eigenvalue weighted by molar-refractivity contribution is 5.67. The number of carbonyl (C=O) groups excluding carboxylic acids is 1. The second-order valence-electron chi connectivity index (χ2n) is 5.32. The predicted octanol–water partition coefficient (Wildman–Crippen LogP) is 0.339. The van der Waals surface area contributed by atoms with Crippen LogP contribution in [0.2, 0.25) is 0 Å². The lowest BCUT2D eigenvalue weighted by atomic mass is 10.1. The molecule has 3 N–H and O–H groups in total. The monoisotopic (exact) mass is 271 g/mol. The number of nitrogens with one attached hydrogen (secondary N) is 1. The maximum atomic E-state index is 11.4. The highest BCUT2D eigenvalue weighted by Crippen LogP contribution is 2.15. The van der Waals surface area contributed by atoms with Crippen molar-refractivity contribution in [2.75, 3.05) is 6.54 Å². The number of hydrogen-bond donors (Lipinski definition) is 3. The van der Waals surface area contributed by atoms with E-state index in [-0.39, 0.29) is 6.54 Å². The molecule has 108 valence electrons. The Bertz CT molecular complexity index is 425. The van der Waals surface area contributed by atoms with Crippen LogP contribution in [0.3, 0.4) is 0 Å². The van der Waals surface area contributed by atoms with Gasteiger partial charge < -0.3 is 24.8 Å². The minimum atomic E-state index is -1.14. The van der Waals surface area contributed by atoms with Crippen molar-refractivity contribution in [3.63, 3.8) is 0 Å². The van der Waals surface area contributed by atoms with Crippen molar-refractivity contribution in [2.45, 2.75) is 38.6 Å². The Morgan fingerprint density at radius 2 is 2.16 bits per heavy atom. The van der Waals surface area contributed by atoms with Crippen LogP contribution in [0.15, 0.2) is 12.5 Å². The number of aryl methyl sites for hydroxylation is 1. The summed E-state index contributed by atoms with van der Waals surface area (Å²) in [5.41, 5.74) is -0.131. The average Bonchev–Trinajstić information content (AvgIpc) is 2.69. The van der Waals surface area contributed by atoms with Gasteiger partial charge in [0.05, 0.1) is 18.2 Å². The lowest BCUT2D eigenvalue weighted by Crippen LogP contribution is -2.39. The van der Waals surface area contributed by atoms with Crippen LogP contribution >= 0.6 is 0 Å². The Labute approximate surface area is 112 Å². The molecule has 1 rings (SSSR count). The first-order valence-corrected chi connectivity index (χ1v) is 6.00. The number of aliphatic hydroxyl groups is 2. The van der Waals surface area contributed by atoms with Gasteiger partial charge in [-0.2, -0.15) is 0 Å². The Kier molecular flexibility index (Phi) is 4.90. The molecule has 0 saturated heterocycles. The topological polar surface area (TPSA) is 96.6 Å². The molecule has 0 radical (unpaired) electrons. The summed E-state index contributed by atoms with van der Waals surface area (Å²) in [4.78, 5) is 15.2. The van der Waals surface area contributed by atoms with Gasteiger partial charge in [0.1, 0.15) is 17.8 Å². The van der Waals surface area contributed by atoms with Crippen molar-refractivity contribution in [1.29, 1.82) is 0 Å². The smallest absolute Gasteiger partial charge is 0.407 e. The first kappa shape index (κ1) is 15.5. The standard InChI is InChI=1S/C12H21N3O4/c1-12(2,3)19-11(18)14-6-9(16)10(17)8-5-13-7-15(8)4/h5,7,9-10,16-17H,6H2,1-4H3,(H,14,18). The van der Waals surface area contributed by atoms with Gasteiger partial charge in [0, 0.05) is 13.6 Å². The molecule has 2 unspecified atom stereocenters. The summed E-state index contributed by atoms with van der Waals surface area (Å²) >= 11 is 0. The number of imidazole rings is 1. The summed E-state index contributed by atoms with van der Waals surface area (Å²) < 4.78 is 6.62. The second-order valence-corrected chi connectivity index (χ2v) is 5.32. The van der Waals surface area contributed by atoms with E-state index in [0.29, 0.717) is 5.69 Å². The zero-order chi connectivity index (χ0) is 14.6. The largest absolute Gasteiger partial charge is 0.444 e. The van der Waals surface area contributed by atoms with Gasteiger partial charge in [0.15, 0.2) is 0 Å². The molecule has 1 amide bonds. The number of nitrogens with zero attached hydrogens (tertiary/aromatic N) is 2. The van der Waals surface area contributed by atoms with Crippen molar-refractivity contribution in [3.8, 4) is 0 Å². The molecule has 0 fully saturated rings. The maximum absolute atomic E-state index is 11.4. The van der Waals surface area contributed by atoms with Gasteiger partial charge in [-0.25, -0.2) is 9.78 Å². The van der Waals surface area contributed by atoms with E-state index in [1.165, 1.54) is 12.5 Å². The Morgan fingerprint density at radius 3 is 2.63 bits per heavy atom. The molecule has 0 aromatic carbocycles. The van der Waals surface area contributed by atoms with Crippen LogP contribution in [0.4, 0.5) is 4.79 Å². The molecule has 0 aliphatic heterocycles. The minimum absolute atomic E-state index is 0.110. The maximum Gasteiger partial charge on any atom is 0.407 e. The van der Waals surface area contributed by atoms with Crippen molar-refractivity contribution < 1.29 is 19.7 Å². The molecule has 7 heteroatoms. The molecule has 2 atom stereocenters. The molecule has 0 aliphatic carbocycles. The van der Waals surface area contributed by atoms with E-state index in [1.54, 1.807) is 32.4 Å². The summed E-state index contributed by atoms with van der Waals surface area (Å²) in [5, 5.41) is 22.1. The van der Waals surface area contributed by atoms with Crippen LogP contribution in [0.25, 0.3) is 0 Å². The molecule has 0 aliphatic rings. The zero-order valence-corrected chi connectivity index (χ0v) is 11.6. The summed E-state index contributed by atoms with van der Waals surface area (Å²) in [6.07, 6.45) is 0.0857. The number of alkyl carbamates (subject to hydrolysis) is 1. The van der Waals surface area contributed by atoms with Crippen LogP contribution in [0, 0.1) is 0 Å². The quantitative estimate of drug-likeness (QED) is 0.733. The number of carbonyl (C=O) groups is 1. The molecule has 7 nitrogen and oxygen atoms in total. The number of hydrogen-bond acceptors (Lipinski definition) is 5. The Morgan fingerprint density at radius 1 is 1.53 bits per heavy atom. The molecule has 1 aromatic heterocycles. The average molecular weight is 271 g/mol. The Hall–Kier alpha value is -1.60. The minimum Gasteiger partial charge on any atom is -0.444 e. The van der Waals surface area contributed by atoms with Crippen LogP contribution in [0.1, 0.15) is 32.6 Å². The number of rotatable bonds is 4. The van der Waals surface area contributed by atoms with Gasteiger partial charge in [-0.3, -0.25) is 0 Å². The molecular formula is C12H21N3O4. The van der Waals surface area contributed by atoms with E-state index in [2.05, 4.69) is 10.3 Å². The first-order valence-electron chi connectivity index (χ1n) is 6.00. The van der Waals surface area contributed by atoms with Gasteiger partial charge in [-0.05, 0) is 20.8 Å². The van der Waals surface area contributed by atoms with Crippen LogP contribution in [-0.4, -0.2) is 44.1 Å². The van der Waals surface area contributed by atoms with Gasteiger partial charge in [-0.15, -0.1) is 0 Å². The third-order valence-electron chi connectivity index (χ3n) is 2.38. The van der Waals surface area contributed by atoms with Crippen molar-refractivity contribution in [1.82, 2.24) is 14.9 Å². The molecule has 0 saturated carbocycles. The van der Waals surface area contributed by atoms with Gasteiger partial charge in [-0.1, -0.05) is 0 Å². The van der Waals surface area contributed by atoms with Gasteiger partial charge in [0.25, 0.3) is 0 Å². The van der Waals surface area contributed by atoms with Crippen molar-refractivity contribution >= 4 is 6.09 Å². The molecule has 0 spiro atoms. The lowest BCUT2D eigenvalue weighted by molar-refractivity contribution is 0.00954. The molecule has 1 aromatic rings. The van der Waals surface area contributed by atoms with Gasteiger partial charge in [0.2, 0.25) is 0 Å². The van der Waals surface area contributed by atoms with Crippen LogP contribution in [-0.2, 0) is 11.8 Å². The fourth-order valence-corrected chi connectivity index (χ4v) is 1.46. The molecular weight excluding hydrogens is 250 g/mol. The van der Waals surface area contributed by atoms with E-state index in [0.717, 1.165) is 0 Å². The normalized spacial score (nSPS) is 14.8. The molecule has 19 heavy (non-hydrogen) atoms. The zero-order valence-electron chi connectivity index (χ0n) is 11.6.